The van der Waals surface area contributed by atoms with E-state index in [0.717, 1.165) is 5.56 Å². The molecule has 1 aromatic rings. The first-order valence-electron chi connectivity index (χ1n) is 10.4. The van der Waals surface area contributed by atoms with Crippen molar-refractivity contribution in [1.82, 2.24) is 4.90 Å². The van der Waals surface area contributed by atoms with Gasteiger partial charge in [-0.1, -0.05) is 13.0 Å². The SMILES string of the molecule is CCc1ccc(O)c2c1C[C@H]1C[C@H]3[C@@H](N(C)C)C(=O)C(C(N)=O)=C(O)[C@@]3(O)C(=O)C1=C2O. The number of nitrogens with zero attached hydrogens (tertiary/aromatic N) is 1. The van der Waals surface area contributed by atoms with Crippen LogP contribution in [-0.2, 0) is 27.2 Å². The van der Waals surface area contributed by atoms with Crippen molar-refractivity contribution in [2.24, 2.45) is 17.6 Å². The summed E-state index contributed by atoms with van der Waals surface area (Å²) >= 11 is 0. The van der Waals surface area contributed by atoms with Gasteiger partial charge in [0, 0.05) is 11.5 Å². The molecule has 0 unspecified atom stereocenters. The van der Waals surface area contributed by atoms with E-state index in [0.29, 0.717) is 18.4 Å². The topological polar surface area (TPSA) is 161 Å². The predicted molar refractivity (Wildman–Crippen MR) is 114 cm³/mol. The summed E-state index contributed by atoms with van der Waals surface area (Å²) in [5, 5.41) is 43.7. The van der Waals surface area contributed by atoms with Crippen LogP contribution < -0.4 is 5.73 Å². The summed E-state index contributed by atoms with van der Waals surface area (Å²) in [6.45, 7) is 1.93. The highest BCUT2D eigenvalue weighted by molar-refractivity contribution is 6.24. The molecule has 4 atom stereocenters. The van der Waals surface area contributed by atoms with Gasteiger partial charge in [0.25, 0.3) is 5.91 Å². The van der Waals surface area contributed by atoms with Crippen LogP contribution in [-0.4, -0.2) is 68.5 Å². The number of phenols is 1. The number of aliphatic hydroxyl groups excluding tert-OH is 2. The van der Waals surface area contributed by atoms with Crippen LogP contribution in [0.5, 0.6) is 5.75 Å². The summed E-state index contributed by atoms with van der Waals surface area (Å²) < 4.78 is 0. The lowest BCUT2D eigenvalue weighted by Gasteiger charge is -2.50. The van der Waals surface area contributed by atoms with Gasteiger partial charge in [0.15, 0.2) is 11.4 Å². The molecule has 0 bridgehead atoms. The van der Waals surface area contributed by atoms with Gasteiger partial charge in [-0.25, -0.2) is 0 Å². The Kier molecular flexibility index (Phi) is 4.94. The Balaban J connectivity index is 1.99. The van der Waals surface area contributed by atoms with E-state index in [9.17, 15) is 34.8 Å². The van der Waals surface area contributed by atoms with Crippen molar-refractivity contribution in [3.63, 3.8) is 0 Å². The second-order valence-electron chi connectivity index (χ2n) is 8.91. The largest absolute Gasteiger partial charge is 0.508 e. The third kappa shape index (κ3) is 2.67. The maximum Gasteiger partial charge on any atom is 0.255 e. The first-order valence-corrected chi connectivity index (χ1v) is 10.4. The van der Waals surface area contributed by atoms with Crippen LogP contribution in [0.2, 0.25) is 0 Å². The second kappa shape index (κ2) is 7.18. The molecule has 3 aliphatic rings. The fraction of sp³-hybridized carbons (Fsp3) is 0.435. The Hall–Kier alpha value is -3.17. The van der Waals surface area contributed by atoms with Gasteiger partial charge >= 0.3 is 0 Å². The molecule has 3 aliphatic carbocycles. The van der Waals surface area contributed by atoms with Crippen LogP contribution in [0.4, 0.5) is 0 Å². The van der Waals surface area contributed by atoms with E-state index in [1.807, 2.05) is 6.92 Å². The summed E-state index contributed by atoms with van der Waals surface area (Å²) in [7, 11) is 3.14. The molecule has 0 aliphatic heterocycles. The number of aromatic hydroxyl groups is 1. The van der Waals surface area contributed by atoms with Gasteiger partial charge in [-0.05, 0) is 56.5 Å². The van der Waals surface area contributed by atoms with E-state index in [1.165, 1.54) is 11.0 Å². The first kappa shape index (κ1) is 22.0. The Bertz CT molecular complexity index is 1130. The van der Waals surface area contributed by atoms with Gasteiger partial charge in [-0.15, -0.1) is 0 Å². The summed E-state index contributed by atoms with van der Waals surface area (Å²) in [6.07, 6.45) is 1.04. The third-order valence-corrected chi connectivity index (χ3v) is 7.08. The number of primary amides is 1. The molecule has 0 spiro atoms. The quantitative estimate of drug-likeness (QED) is 0.424. The van der Waals surface area contributed by atoms with E-state index >= 15 is 0 Å². The number of amides is 1. The van der Waals surface area contributed by atoms with Crippen LogP contribution in [0.1, 0.15) is 30.0 Å². The predicted octanol–water partition coefficient (Wildman–Crippen LogP) is 0.526. The molecule has 0 radical (unpaired) electrons. The first-order chi connectivity index (χ1) is 15.0. The molecule has 1 fully saturated rings. The number of hydrogen-bond acceptors (Lipinski definition) is 8. The number of nitrogens with two attached hydrogens (primary N) is 1. The van der Waals surface area contributed by atoms with Crippen molar-refractivity contribution in [3.8, 4) is 5.75 Å². The highest BCUT2D eigenvalue weighted by Crippen LogP contribution is 2.52. The van der Waals surface area contributed by atoms with E-state index in [-0.39, 0.29) is 23.3 Å². The Morgan fingerprint density at radius 1 is 1.22 bits per heavy atom. The van der Waals surface area contributed by atoms with Gasteiger partial charge < -0.3 is 26.2 Å². The Morgan fingerprint density at radius 2 is 1.88 bits per heavy atom. The summed E-state index contributed by atoms with van der Waals surface area (Å²) in [5.74, 6) is -6.38. The van der Waals surface area contributed by atoms with Crippen molar-refractivity contribution < 1.29 is 34.8 Å². The van der Waals surface area contributed by atoms with Crippen LogP contribution in [0, 0.1) is 11.8 Å². The molecule has 0 aromatic heterocycles. The number of ketones is 2. The van der Waals surface area contributed by atoms with Gasteiger partial charge in [0.2, 0.25) is 5.78 Å². The number of aryl methyl sites for hydroxylation is 1. The second-order valence-corrected chi connectivity index (χ2v) is 8.91. The third-order valence-electron chi connectivity index (χ3n) is 7.08. The minimum Gasteiger partial charge on any atom is -0.508 e. The number of Topliss-reactive ketones (excluding diaryl/α,β-unsaturated/α-hetero) is 2. The normalized spacial score (nSPS) is 29.7. The van der Waals surface area contributed by atoms with E-state index in [2.05, 4.69) is 0 Å². The fourth-order valence-corrected chi connectivity index (χ4v) is 5.64. The van der Waals surface area contributed by atoms with E-state index in [1.54, 1.807) is 20.2 Å². The maximum atomic E-state index is 13.6. The molecule has 1 amide bonds. The number of phenolic OH excluding ortho intramolecular Hbond substituents is 1. The van der Waals surface area contributed by atoms with Gasteiger partial charge in [-0.2, -0.15) is 0 Å². The summed E-state index contributed by atoms with van der Waals surface area (Å²) in [5.41, 5.74) is 3.47. The minimum atomic E-state index is -2.61. The zero-order valence-electron chi connectivity index (χ0n) is 18.0. The number of carbonyl (C=O) groups excluding carboxylic acids is 3. The highest BCUT2D eigenvalue weighted by atomic mass is 16.3. The minimum absolute atomic E-state index is 0.0879. The van der Waals surface area contributed by atoms with E-state index < -0.39 is 58.0 Å². The van der Waals surface area contributed by atoms with Gasteiger partial charge in [-0.3, -0.25) is 19.3 Å². The molecule has 170 valence electrons. The average molecular weight is 442 g/mol. The summed E-state index contributed by atoms with van der Waals surface area (Å²) in [6, 6.07) is 2.11. The smallest absolute Gasteiger partial charge is 0.255 e. The molecule has 1 aromatic carbocycles. The summed E-state index contributed by atoms with van der Waals surface area (Å²) in [4.78, 5) is 40.1. The monoisotopic (exact) mass is 442 g/mol. The molecule has 9 heteroatoms. The molecule has 0 saturated heterocycles. The lowest BCUT2D eigenvalue weighted by Crippen LogP contribution is -2.65. The van der Waals surface area contributed by atoms with Crippen LogP contribution >= 0.6 is 0 Å². The average Bonchev–Trinajstić information content (AvgIpc) is 2.70. The number of rotatable bonds is 3. The number of fused-ring (bicyclic) bond motifs is 3. The number of benzene rings is 1. The Morgan fingerprint density at radius 3 is 2.44 bits per heavy atom. The molecule has 32 heavy (non-hydrogen) atoms. The number of carbonyl (C=O) groups is 3. The van der Waals surface area contributed by atoms with Crippen molar-refractivity contribution in [2.45, 2.75) is 37.8 Å². The molecule has 0 heterocycles. The van der Waals surface area contributed by atoms with Crippen molar-refractivity contribution in [3.05, 3.63) is 45.7 Å². The van der Waals surface area contributed by atoms with Gasteiger partial charge in [0.05, 0.1) is 11.6 Å². The van der Waals surface area contributed by atoms with Gasteiger partial charge in [0.1, 0.15) is 22.8 Å². The number of likely N-dealkylation sites (N-methyl/N-ethyl adjacent to an activating group) is 1. The van der Waals surface area contributed by atoms with E-state index in [4.69, 9.17) is 5.73 Å². The molecule has 1 saturated carbocycles. The van der Waals surface area contributed by atoms with Crippen molar-refractivity contribution >= 4 is 23.2 Å². The zero-order valence-corrected chi connectivity index (χ0v) is 18.0. The lowest BCUT2D eigenvalue weighted by molar-refractivity contribution is -0.153. The molecule has 6 N–H and O–H groups in total. The molecule has 4 rings (SSSR count). The number of aliphatic hydroxyl groups is 3. The number of hydrogen-bond donors (Lipinski definition) is 5. The standard InChI is InChI=1S/C23H26N2O7/c1-4-9-5-6-13(26)15-11(9)7-10-8-12-17(25(2)3)19(28)16(22(24)31)21(30)23(12,32)20(29)14(10)18(15)27/h5-6,10,12,17,26-27,30,32H,4,7-8H2,1-3H3,(H2,24,31)/t10-,12-,17+,23-/m0/s1. The van der Waals surface area contributed by atoms with Crippen molar-refractivity contribution in [1.29, 1.82) is 0 Å². The van der Waals surface area contributed by atoms with Crippen LogP contribution in [0.25, 0.3) is 5.76 Å². The maximum absolute atomic E-state index is 13.6. The molecular formula is C23H26N2O7. The lowest BCUT2D eigenvalue weighted by atomic mass is 9.57. The molecule has 9 nitrogen and oxygen atoms in total. The van der Waals surface area contributed by atoms with Crippen LogP contribution in [0.15, 0.2) is 29.0 Å². The van der Waals surface area contributed by atoms with Crippen LogP contribution in [0.3, 0.4) is 0 Å². The fourth-order valence-electron chi connectivity index (χ4n) is 5.64. The highest BCUT2D eigenvalue weighted by Gasteiger charge is 2.64. The molecular weight excluding hydrogens is 416 g/mol. The van der Waals surface area contributed by atoms with Crippen molar-refractivity contribution in [2.75, 3.05) is 14.1 Å². The Labute approximate surface area is 184 Å². The zero-order chi connectivity index (χ0) is 23.7.